The van der Waals surface area contributed by atoms with E-state index in [2.05, 4.69) is 22.8 Å². The van der Waals surface area contributed by atoms with E-state index in [4.69, 9.17) is 4.74 Å². The Hall–Kier alpha value is -4.20. The monoisotopic (exact) mass is 487 g/mol. The molecule has 0 aromatic heterocycles. The Kier molecular flexibility index (Phi) is 6.41. The quantitative estimate of drug-likeness (QED) is 0.533. The molecule has 3 aromatic rings. The zero-order chi connectivity index (χ0) is 25.2. The van der Waals surface area contributed by atoms with E-state index >= 15 is 0 Å². The Labute approximate surface area is 208 Å². The van der Waals surface area contributed by atoms with E-state index in [0.29, 0.717) is 23.7 Å². The van der Waals surface area contributed by atoms with Gasteiger partial charge in [-0.05, 0) is 78.9 Å². The van der Waals surface area contributed by atoms with Gasteiger partial charge in [0, 0.05) is 29.9 Å². The van der Waals surface area contributed by atoms with E-state index in [-0.39, 0.29) is 23.8 Å². The summed E-state index contributed by atoms with van der Waals surface area (Å²) in [5.41, 5.74) is 4.37. The van der Waals surface area contributed by atoms with Crippen LogP contribution < -0.4 is 20.3 Å². The fourth-order valence-corrected chi connectivity index (χ4v) is 4.81. The van der Waals surface area contributed by atoms with Crippen LogP contribution in [0.2, 0.25) is 0 Å². The number of carbonyl (C=O) groups is 3. The second-order valence-corrected chi connectivity index (χ2v) is 9.08. The summed E-state index contributed by atoms with van der Waals surface area (Å²) in [4.78, 5) is 40.0. The van der Waals surface area contributed by atoms with Crippen LogP contribution in [0.25, 0.3) is 0 Å². The first-order valence-electron chi connectivity index (χ1n) is 11.9. The minimum absolute atomic E-state index is 0.0779. The lowest BCUT2D eigenvalue weighted by Gasteiger charge is -2.18. The van der Waals surface area contributed by atoms with Crippen LogP contribution in [0.15, 0.2) is 60.7 Å². The van der Waals surface area contributed by atoms with Gasteiger partial charge in [-0.3, -0.25) is 14.4 Å². The Morgan fingerprint density at radius 2 is 1.83 bits per heavy atom. The van der Waals surface area contributed by atoms with E-state index in [0.717, 1.165) is 31.0 Å². The predicted octanol–water partition coefficient (Wildman–Crippen LogP) is 4.57. The van der Waals surface area contributed by atoms with Gasteiger partial charge < -0.3 is 20.3 Å². The molecular formula is C28H26FN3O4. The standard InChI is InChI=1S/C28H26FN3O4/c1-36-25-11-9-22(15-24(25)31-27(34)19-6-3-7-21(29)12-19)30-28(35)20-14-26(33)32(16-20)23-10-8-17-4-2-5-18(17)13-23/h3,6-13,15,20H,2,4-5,14,16H2,1H3,(H,30,35)(H,31,34). The number of anilines is 3. The first kappa shape index (κ1) is 23.5. The zero-order valence-corrected chi connectivity index (χ0v) is 19.8. The highest BCUT2D eigenvalue weighted by molar-refractivity contribution is 6.06. The second kappa shape index (κ2) is 9.81. The molecule has 3 aromatic carbocycles. The summed E-state index contributed by atoms with van der Waals surface area (Å²) in [5.74, 6) is -1.50. The molecule has 1 aliphatic heterocycles. The number of hydrogen-bond donors (Lipinski definition) is 2. The Morgan fingerprint density at radius 1 is 1.00 bits per heavy atom. The van der Waals surface area contributed by atoms with Gasteiger partial charge in [0.2, 0.25) is 11.8 Å². The van der Waals surface area contributed by atoms with Gasteiger partial charge in [-0.25, -0.2) is 4.39 Å². The average molecular weight is 488 g/mol. The molecule has 1 fully saturated rings. The van der Waals surface area contributed by atoms with Gasteiger partial charge in [-0.2, -0.15) is 0 Å². The molecule has 0 spiro atoms. The van der Waals surface area contributed by atoms with Crippen LogP contribution in [0.1, 0.15) is 34.3 Å². The average Bonchev–Trinajstić information content (AvgIpc) is 3.50. The van der Waals surface area contributed by atoms with Gasteiger partial charge >= 0.3 is 0 Å². The smallest absolute Gasteiger partial charge is 0.255 e. The number of rotatable bonds is 6. The number of fused-ring (bicyclic) bond motifs is 1. The molecule has 0 radical (unpaired) electrons. The highest BCUT2D eigenvalue weighted by Gasteiger charge is 2.35. The third-order valence-corrected chi connectivity index (χ3v) is 6.69. The molecule has 7 nitrogen and oxygen atoms in total. The number of hydrogen-bond acceptors (Lipinski definition) is 4. The second-order valence-electron chi connectivity index (χ2n) is 9.08. The molecule has 0 bridgehead atoms. The number of nitrogens with zero attached hydrogens (tertiary/aromatic N) is 1. The summed E-state index contributed by atoms with van der Waals surface area (Å²) in [6, 6.07) is 16.3. The summed E-state index contributed by atoms with van der Waals surface area (Å²) in [6.07, 6.45) is 3.35. The maximum absolute atomic E-state index is 13.5. The minimum Gasteiger partial charge on any atom is -0.495 e. The van der Waals surface area contributed by atoms with E-state index in [1.807, 2.05) is 6.07 Å². The van der Waals surface area contributed by atoms with Crippen molar-refractivity contribution in [3.63, 3.8) is 0 Å². The van der Waals surface area contributed by atoms with Crippen LogP contribution in [0.3, 0.4) is 0 Å². The van der Waals surface area contributed by atoms with Crippen molar-refractivity contribution in [3.8, 4) is 5.75 Å². The van der Waals surface area contributed by atoms with E-state index in [1.165, 1.54) is 36.4 Å². The Morgan fingerprint density at radius 3 is 2.64 bits per heavy atom. The molecule has 1 unspecified atom stereocenters. The van der Waals surface area contributed by atoms with E-state index < -0.39 is 17.6 Å². The molecule has 1 atom stereocenters. The number of amides is 3. The normalized spacial score (nSPS) is 16.6. The van der Waals surface area contributed by atoms with Gasteiger partial charge in [0.05, 0.1) is 18.7 Å². The first-order valence-corrected chi connectivity index (χ1v) is 11.9. The SMILES string of the molecule is COc1ccc(NC(=O)C2CC(=O)N(c3ccc4c(c3)CCC4)C2)cc1NC(=O)c1cccc(F)c1. The maximum atomic E-state index is 13.5. The Bertz CT molecular complexity index is 1360. The largest absolute Gasteiger partial charge is 0.495 e. The van der Waals surface area contributed by atoms with Crippen molar-refractivity contribution in [1.82, 2.24) is 0 Å². The van der Waals surface area contributed by atoms with Crippen LogP contribution in [0.4, 0.5) is 21.5 Å². The Balaban J connectivity index is 1.28. The van der Waals surface area contributed by atoms with E-state index in [1.54, 1.807) is 23.1 Å². The number of methoxy groups -OCH3 is 1. The first-order chi connectivity index (χ1) is 17.4. The fraction of sp³-hybridized carbons (Fsp3) is 0.250. The summed E-state index contributed by atoms with van der Waals surface area (Å²) < 4.78 is 18.8. The number of benzene rings is 3. The van der Waals surface area contributed by atoms with Crippen molar-refractivity contribution >= 4 is 34.8 Å². The molecule has 1 saturated heterocycles. The molecule has 0 saturated carbocycles. The van der Waals surface area contributed by atoms with Crippen molar-refractivity contribution in [2.75, 3.05) is 29.2 Å². The number of nitrogens with one attached hydrogen (secondary N) is 2. The molecule has 5 rings (SSSR count). The van der Waals surface area contributed by atoms with Crippen LogP contribution in [0.5, 0.6) is 5.75 Å². The van der Waals surface area contributed by atoms with Gasteiger partial charge in [0.1, 0.15) is 11.6 Å². The third-order valence-electron chi connectivity index (χ3n) is 6.69. The fourth-order valence-electron chi connectivity index (χ4n) is 4.81. The predicted molar refractivity (Wildman–Crippen MR) is 135 cm³/mol. The molecule has 3 amide bonds. The van der Waals surface area contributed by atoms with Gasteiger partial charge in [-0.1, -0.05) is 12.1 Å². The molecule has 36 heavy (non-hydrogen) atoms. The van der Waals surface area contributed by atoms with E-state index in [9.17, 15) is 18.8 Å². The van der Waals surface area contributed by atoms with Gasteiger partial charge in [0.15, 0.2) is 0 Å². The number of aryl methyl sites for hydroxylation is 2. The highest BCUT2D eigenvalue weighted by Crippen LogP contribution is 2.32. The minimum atomic E-state index is -0.518. The van der Waals surface area contributed by atoms with Crippen molar-refractivity contribution in [1.29, 1.82) is 0 Å². The van der Waals surface area contributed by atoms with Crippen molar-refractivity contribution < 1.29 is 23.5 Å². The van der Waals surface area contributed by atoms with Crippen LogP contribution >= 0.6 is 0 Å². The summed E-state index contributed by atoms with van der Waals surface area (Å²) >= 11 is 0. The van der Waals surface area contributed by atoms with Crippen molar-refractivity contribution in [3.05, 3.63) is 83.2 Å². The molecule has 1 heterocycles. The molecule has 2 N–H and O–H groups in total. The number of halogens is 1. The van der Waals surface area contributed by atoms with Crippen LogP contribution in [0, 0.1) is 11.7 Å². The summed E-state index contributed by atoms with van der Waals surface area (Å²) in [5, 5.41) is 5.55. The molecule has 184 valence electrons. The lowest BCUT2D eigenvalue weighted by Crippen LogP contribution is -2.28. The lowest BCUT2D eigenvalue weighted by atomic mass is 10.1. The number of carbonyl (C=O) groups excluding carboxylic acids is 3. The highest BCUT2D eigenvalue weighted by atomic mass is 19.1. The third kappa shape index (κ3) is 4.79. The maximum Gasteiger partial charge on any atom is 0.255 e. The topological polar surface area (TPSA) is 87.7 Å². The van der Waals surface area contributed by atoms with Gasteiger partial charge in [0.25, 0.3) is 5.91 Å². The van der Waals surface area contributed by atoms with Crippen molar-refractivity contribution in [2.24, 2.45) is 5.92 Å². The van der Waals surface area contributed by atoms with Crippen LogP contribution in [-0.4, -0.2) is 31.4 Å². The van der Waals surface area contributed by atoms with Crippen molar-refractivity contribution in [2.45, 2.75) is 25.7 Å². The molecule has 8 heteroatoms. The molecular weight excluding hydrogens is 461 g/mol. The zero-order valence-electron chi connectivity index (χ0n) is 19.8. The van der Waals surface area contributed by atoms with Crippen LogP contribution in [-0.2, 0) is 22.4 Å². The number of ether oxygens (including phenoxy) is 1. The summed E-state index contributed by atoms with van der Waals surface area (Å²) in [7, 11) is 1.46. The molecule has 2 aliphatic rings. The van der Waals surface area contributed by atoms with Gasteiger partial charge in [-0.15, -0.1) is 0 Å². The summed E-state index contributed by atoms with van der Waals surface area (Å²) in [6.45, 7) is 0.308. The molecule has 1 aliphatic carbocycles. The lowest BCUT2D eigenvalue weighted by molar-refractivity contribution is -0.122.